The maximum absolute atomic E-state index is 6.61. The zero-order valence-corrected chi connectivity index (χ0v) is 27.9. The first-order valence-corrected chi connectivity index (χ1v) is 17.5. The van der Waals surface area contributed by atoms with E-state index in [1.54, 1.807) is 0 Å². The van der Waals surface area contributed by atoms with E-state index in [9.17, 15) is 0 Å². The van der Waals surface area contributed by atoms with E-state index in [2.05, 4.69) is 144 Å². The molecule has 0 radical (unpaired) electrons. The Morgan fingerprint density at radius 1 is 0.327 bits per heavy atom. The van der Waals surface area contributed by atoms with Crippen LogP contribution in [0, 0.1) is 0 Å². The molecule has 4 nitrogen and oxygen atoms in total. The number of benzene rings is 8. The molecule has 0 aliphatic rings. The summed E-state index contributed by atoms with van der Waals surface area (Å²) < 4.78 is 19.4. The topological polar surface area (TPSA) is 42.7 Å². The fraction of sp³-hybridized carbons (Fsp3) is 0. The lowest BCUT2D eigenvalue weighted by Crippen LogP contribution is -2.10. The quantitative estimate of drug-likeness (QED) is 0.183. The van der Waals surface area contributed by atoms with Crippen molar-refractivity contribution in [2.45, 2.75) is 0 Å². The van der Waals surface area contributed by atoms with Crippen LogP contribution in [0.4, 0.5) is 17.1 Å². The van der Waals surface area contributed by atoms with E-state index in [1.807, 2.05) is 36.4 Å². The molecule has 0 atom stereocenters. The predicted octanol–water partition coefficient (Wildman–Crippen LogP) is 14.2. The molecule has 0 aliphatic carbocycles. The smallest absolute Gasteiger partial charge is 0.159 e. The molecule has 3 heterocycles. The van der Waals surface area contributed by atoms with Gasteiger partial charge in [0.05, 0.1) is 16.8 Å². The minimum Gasteiger partial charge on any atom is -0.456 e. The number of nitrogens with zero attached hydrogens (tertiary/aromatic N) is 1. The molecule has 3 aromatic heterocycles. The standard InChI is InChI=1S/C48H29NO3/c1-2-11-31(12-3-1)34-15-8-16-37-39-29-32(25-28-44(39)51-47(34)37)30-23-26-33(27-24-30)49(40-18-10-22-45-46(40)38-14-5-7-21-43(38)50-45)41-19-9-17-36-35-13-4-6-20-42(35)52-48(36)41/h1-29H. The van der Waals surface area contributed by atoms with Crippen LogP contribution in [0.15, 0.2) is 189 Å². The van der Waals surface area contributed by atoms with Gasteiger partial charge in [0.1, 0.15) is 27.9 Å². The Kier molecular flexibility index (Phi) is 6.22. The third-order valence-corrected chi connectivity index (χ3v) is 10.3. The zero-order valence-electron chi connectivity index (χ0n) is 27.9. The molecule has 52 heavy (non-hydrogen) atoms. The lowest BCUT2D eigenvalue weighted by Gasteiger charge is -2.26. The number of fused-ring (bicyclic) bond motifs is 9. The van der Waals surface area contributed by atoms with Gasteiger partial charge in [0.2, 0.25) is 0 Å². The van der Waals surface area contributed by atoms with E-state index in [-0.39, 0.29) is 0 Å². The van der Waals surface area contributed by atoms with Crippen molar-refractivity contribution in [3.8, 4) is 22.3 Å². The van der Waals surface area contributed by atoms with Gasteiger partial charge in [-0.05, 0) is 71.3 Å². The molecule has 0 saturated heterocycles. The van der Waals surface area contributed by atoms with Gasteiger partial charge in [0.15, 0.2) is 5.58 Å². The van der Waals surface area contributed by atoms with Crippen molar-refractivity contribution in [3.63, 3.8) is 0 Å². The molecule has 0 amide bonds. The molecule has 0 unspecified atom stereocenters. The molecule has 11 aromatic rings. The number of furan rings is 3. The summed E-state index contributed by atoms with van der Waals surface area (Å²) in [6.07, 6.45) is 0. The van der Waals surface area contributed by atoms with Gasteiger partial charge in [-0.3, -0.25) is 0 Å². The monoisotopic (exact) mass is 667 g/mol. The van der Waals surface area contributed by atoms with E-state index >= 15 is 0 Å². The summed E-state index contributed by atoms with van der Waals surface area (Å²) in [5.74, 6) is 0. The first-order chi connectivity index (χ1) is 25.8. The molecule has 8 aromatic carbocycles. The second kappa shape index (κ2) is 11.2. The second-order valence-corrected chi connectivity index (χ2v) is 13.2. The van der Waals surface area contributed by atoms with Crippen LogP contribution < -0.4 is 4.90 Å². The number of hydrogen-bond acceptors (Lipinski definition) is 4. The second-order valence-electron chi connectivity index (χ2n) is 13.2. The summed E-state index contributed by atoms with van der Waals surface area (Å²) in [6, 6.07) is 61.2. The zero-order chi connectivity index (χ0) is 34.2. The normalized spacial score (nSPS) is 11.8. The highest BCUT2D eigenvalue weighted by atomic mass is 16.3. The highest BCUT2D eigenvalue weighted by Gasteiger charge is 2.23. The molecule has 11 rings (SSSR count). The Morgan fingerprint density at radius 2 is 0.923 bits per heavy atom. The third-order valence-electron chi connectivity index (χ3n) is 10.3. The van der Waals surface area contributed by atoms with E-state index in [4.69, 9.17) is 13.3 Å². The molecule has 0 aliphatic heterocycles. The molecule has 4 heteroatoms. The molecule has 0 spiro atoms. The predicted molar refractivity (Wildman–Crippen MR) is 214 cm³/mol. The van der Waals surface area contributed by atoms with E-state index in [1.165, 1.54) is 0 Å². The molecular formula is C48H29NO3. The van der Waals surface area contributed by atoms with Gasteiger partial charge >= 0.3 is 0 Å². The van der Waals surface area contributed by atoms with Crippen molar-refractivity contribution in [1.29, 1.82) is 0 Å². The van der Waals surface area contributed by atoms with Gasteiger partial charge in [-0.1, -0.05) is 121 Å². The largest absolute Gasteiger partial charge is 0.456 e. The summed E-state index contributed by atoms with van der Waals surface area (Å²) in [6.45, 7) is 0. The molecular weight excluding hydrogens is 639 g/mol. The van der Waals surface area contributed by atoms with E-state index < -0.39 is 0 Å². The van der Waals surface area contributed by atoms with Gasteiger partial charge < -0.3 is 18.2 Å². The van der Waals surface area contributed by atoms with E-state index in [0.717, 1.165) is 105 Å². The maximum atomic E-state index is 6.61. The Hall–Kier alpha value is -7.04. The fourth-order valence-electron chi connectivity index (χ4n) is 7.88. The van der Waals surface area contributed by atoms with Crippen LogP contribution in [0.3, 0.4) is 0 Å². The first-order valence-electron chi connectivity index (χ1n) is 17.5. The van der Waals surface area contributed by atoms with Gasteiger partial charge in [-0.2, -0.15) is 0 Å². The molecule has 0 fully saturated rings. The fourth-order valence-corrected chi connectivity index (χ4v) is 7.88. The van der Waals surface area contributed by atoms with Crippen LogP contribution in [-0.2, 0) is 0 Å². The van der Waals surface area contributed by atoms with Crippen LogP contribution in [0.5, 0.6) is 0 Å². The summed E-state index contributed by atoms with van der Waals surface area (Å²) in [4.78, 5) is 2.30. The average Bonchev–Trinajstić information content (AvgIpc) is 3.90. The SMILES string of the molecule is c1ccc(-c2cccc3c2oc2ccc(-c4ccc(N(c5cccc6c5oc5ccccc56)c5cccc6oc7ccccc7c56)cc4)cc23)cc1. The van der Waals surface area contributed by atoms with Gasteiger partial charge in [0, 0.05) is 38.2 Å². The Balaban J connectivity index is 1.08. The summed E-state index contributed by atoms with van der Waals surface area (Å²) >= 11 is 0. The first kappa shape index (κ1) is 28.8. The molecule has 244 valence electrons. The maximum Gasteiger partial charge on any atom is 0.159 e. The van der Waals surface area contributed by atoms with Crippen LogP contribution >= 0.6 is 0 Å². The minimum atomic E-state index is 0.838. The summed E-state index contributed by atoms with van der Waals surface area (Å²) in [5.41, 5.74) is 12.7. The Labute approximate surface area is 298 Å². The molecule has 0 N–H and O–H groups in total. The summed E-state index contributed by atoms with van der Waals surface area (Å²) in [5, 5.41) is 6.52. The van der Waals surface area contributed by atoms with Gasteiger partial charge in [-0.25, -0.2) is 0 Å². The van der Waals surface area contributed by atoms with Crippen LogP contribution in [0.25, 0.3) is 88.1 Å². The van der Waals surface area contributed by atoms with Crippen molar-refractivity contribution in [2.24, 2.45) is 0 Å². The Bertz CT molecular complexity index is 3130. The van der Waals surface area contributed by atoms with Crippen molar-refractivity contribution < 1.29 is 13.3 Å². The number of para-hydroxylation sites is 4. The number of rotatable bonds is 5. The van der Waals surface area contributed by atoms with Crippen LogP contribution in [-0.4, -0.2) is 0 Å². The van der Waals surface area contributed by atoms with Gasteiger partial charge in [-0.15, -0.1) is 0 Å². The number of hydrogen-bond donors (Lipinski definition) is 0. The summed E-state index contributed by atoms with van der Waals surface area (Å²) in [7, 11) is 0. The lowest BCUT2D eigenvalue weighted by molar-refractivity contribution is 0.668. The number of anilines is 3. The van der Waals surface area contributed by atoms with Crippen LogP contribution in [0.2, 0.25) is 0 Å². The van der Waals surface area contributed by atoms with Gasteiger partial charge in [0.25, 0.3) is 0 Å². The highest BCUT2D eigenvalue weighted by molar-refractivity contribution is 6.16. The average molecular weight is 668 g/mol. The molecule has 0 bridgehead atoms. The van der Waals surface area contributed by atoms with E-state index in [0.29, 0.717) is 0 Å². The van der Waals surface area contributed by atoms with Crippen molar-refractivity contribution in [3.05, 3.63) is 176 Å². The molecule has 0 saturated carbocycles. The highest BCUT2D eigenvalue weighted by Crippen LogP contribution is 2.47. The Morgan fingerprint density at radius 3 is 1.77 bits per heavy atom. The lowest BCUT2D eigenvalue weighted by atomic mass is 10.00. The van der Waals surface area contributed by atoms with Crippen molar-refractivity contribution >= 4 is 82.9 Å². The van der Waals surface area contributed by atoms with Crippen LogP contribution in [0.1, 0.15) is 0 Å². The van der Waals surface area contributed by atoms with Crippen molar-refractivity contribution in [2.75, 3.05) is 4.90 Å². The van der Waals surface area contributed by atoms with Crippen molar-refractivity contribution in [1.82, 2.24) is 0 Å². The minimum absolute atomic E-state index is 0.838. The third kappa shape index (κ3) is 4.34.